The molecule has 2 N–H and O–H groups in total. The summed E-state index contributed by atoms with van der Waals surface area (Å²) in [6.07, 6.45) is 2.56. The number of benzene rings is 1. The quantitative estimate of drug-likeness (QED) is 0.777. The Morgan fingerprint density at radius 2 is 2.11 bits per heavy atom. The van der Waals surface area contributed by atoms with Gasteiger partial charge in [0.15, 0.2) is 0 Å². The summed E-state index contributed by atoms with van der Waals surface area (Å²) in [5, 5.41) is 1.12. The van der Waals surface area contributed by atoms with Gasteiger partial charge in [-0.25, -0.2) is 0 Å². The van der Waals surface area contributed by atoms with Crippen molar-refractivity contribution in [1.82, 2.24) is 4.98 Å². The van der Waals surface area contributed by atoms with Crippen molar-refractivity contribution in [3.8, 4) is 11.3 Å². The molecule has 0 saturated carbocycles. The van der Waals surface area contributed by atoms with Crippen molar-refractivity contribution in [2.45, 2.75) is 19.4 Å². The average Bonchev–Trinajstić information content (AvgIpc) is 2.86. The van der Waals surface area contributed by atoms with E-state index in [-0.39, 0.29) is 6.04 Å². The largest absolute Gasteiger partial charge is 0.461 e. The van der Waals surface area contributed by atoms with Crippen molar-refractivity contribution in [1.29, 1.82) is 0 Å². The minimum atomic E-state index is 0.111. The molecular formula is C16H16N2O. The van der Waals surface area contributed by atoms with E-state index in [1.807, 2.05) is 37.3 Å². The zero-order chi connectivity index (χ0) is 13.2. The first kappa shape index (κ1) is 11.9. The Labute approximate surface area is 112 Å². The van der Waals surface area contributed by atoms with E-state index in [4.69, 9.17) is 10.2 Å². The van der Waals surface area contributed by atoms with Crippen molar-refractivity contribution in [3.63, 3.8) is 0 Å². The van der Waals surface area contributed by atoms with Crippen LogP contribution >= 0.6 is 0 Å². The summed E-state index contributed by atoms with van der Waals surface area (Å²) in [5.74, 6) is 1.80. The molecule has 0 bridgehead atoms. The van der Waals surface area contributed by atoms with Crippen LogP contribution < -0.4 is 5.73 Å². The zero-order valence-corrected chi connectivity index (χ0v) is 10.8. The molecule has 1 aromatic carbocycles. The Bertz CT molecular complexity index is 701. The van der Waals surface area contributed by atoms with Crippen molar-refractivity contribution in [3.05, 3.63) is 54.4 Å². The highest BCUT2D eigenvalue weighted by Crippen LogP contribution is 2.25. The average molecular weight is 252 g/mol. The maximum absolute atomic E-state index is 5.83. The Morgan fingerprint density at radius 3 is 2.95 bits per heavy atom. The van der Waals surface area contributed by atoms with Gasteiger partial charge in [0.1, 0.15) is 11.5 Å². The molecule has 2 aromatic heterocycles. The number of hydrogen-bond acceptors (Lipinski definition) is 3. The summed E-state index contributed by atoms with van der Waals surface area (Å²) in [6, 6.07) is 14.2. The van der Waals surface area contributed by atoms with Gasteiger partial charge in [0.2, 0.25) is 0 Å². The van der Waals surface area contributed by atoms with Crippen molar-refractivity contribution < 1.29 is 4.42 Å². The van der Waals surface area contributed by atoms with Gasteiger partial charge in [0.25, 0.3) is 0 Å². The van der Waals surface area contributed by atoms with Gasteiger partial charge in [-0.15, -0.1) is 0 Å². The molecule has 2 heterocycles. The van der Waals surface area contributed by atoms with Gasteiger partial charge in [0.05, 0.1) is 5.52 Å². The lowest BCUT2D eigenvalue weighted by Crippen LogP contribution is -2.17. The van der Waals surface area contributed by atoms with Crippen LogP contribution in [0.3, 0.4) is 0 Å². The topological polar surface area (TPSA) is 52.0 Å². The number of pyridine rings is 1. The van der Waals surface area contributed by atoms with Crippen LogP contribution in [0.4, 0.5) is 0 Å². The molecule has 0 aliphatic carbocycles. The second kappa shape index (κ2) is 4.86. The number of aromatic nitrogens is 1. The lowest BCUT2D eigenvalue weighted by Gasteiger charge is -2.02. The molecule has 0 radical (unpaired) electrons. The molecular weight excluding hydrogens is 236 g/mol. The molecule has 3 heteroatoms. The summed E-state index contributed by atoms with van der Waals surface area (Å²) in [5.41, 5.74) is 7.84. The van der Waals surface area contributed by atoms with Crippen LogP contribution in [0.25, 0.3) is 22.2 Å². The van der Waals surface area contributed by atoms with E-state index in [0.29, 0.717) is 0 Å². The van der Waals surface area contributed by atoms with E-state index < -0.39 is 0 Å². The molecule has 3 nitrogen and oxygen atoms in total. The maximum Gasteiger partial charge on any atom is 0.134 e. The van der Waals surface area contributed by atoms with E-state index >= 15 is 0 Å². The molecule has 1 atom stereocenters. The van der Waals surface area contributed by atoms with Crippen LogP contribution in [0.1, 0.15) is 12.7 Å². The van der Waals surface area contributed by atoms with Gasteiger partial charge in [-0.05, 0) is 43.3 Å². The fourth-order valence-corrected chi connectivity index (χ4v) is 2.19. The minimum Gasteiger partial charge on any atom is -0.461 e. The Balaban J connectivity index is 1.97. The van der Waals surface area contributed by atoms with E-state index in [1.54, 1.807) is 6.20 Å². The smallest absolute Gasteiger partial charge is 0.134 e. The van der Waals surface area contributed by atoms with E-state index in [0.717, 1.165) is 34.4 Å². The second-order valence-corrected chi connectivity index (χ2v) is 4.86. The van der Waals surface area contributed by atoms with Crippen LogP contribution in [-0.4, -0.2) is 11.0 Å². The molecule has 0 amide bonds. The molecule has 3 aromatic rings. The molecule has 1 unspecified atom stereocenters. The summed E-state index contributed by atoms with van der Waals surface area (Å²) in [4.78, 5) is 4.31. The SMILES string of the molecule is CC(N)Cc1ccc(-c2ccc3ncccc3c2)o1. The summed E-state index contributed by atoms with van der Waals surface area (Å²) in [7, 11) is 0. The van der Waals surface area contributed by atoms with Gasteiger partial charge in [-0.2, -0.15) is 0 Å². The van der Waals surface area contributed by atoms with Crippen LogP contribution in [0, 0.1) is 0 Å². The van der Waals surface area contributed by atoms with Crippen LogP contribution in [0.2, 0.25) is 0 Å². The van der Waals surface area contributed by atoms with E-state index in [1.165, 1.54) is 0 Å². The minimum absolute atomic E-state index is 0.111. The number of furan rings is 1. The fraction of sp³-hybridized carbons (Fsp3) is 0.188. The van der Waals surface area contributed by atoms with Crippen LogP contribution in [0.5, 0.6) is 0 Å². The molecule has 0 fully saturated rings. The highest BCUT2D eigenvalue weighted by Gasteiger charge is 2.07. The van der Waals surface area contributed by atoms with Gasteiger partial charge in [0, 0.05) is 29.6 Å². The highest BCUT2D eigenvalue weighted by atomic mass is 16.3. The Kier molecular flexibility index (Phi) is 3.05. The third-order valence-electron chi connectivity index (χ3n) is 3.07. The first-order valence-corrected chi connectivity index (χ1v) is 6.42. The number of rotatable bonds is 3. The highest BCUT2D eigenvalue weighted by molar-refractivity contribution is 5.83. The summed E-state index contributed by atoms with van der Waals surface area (Å²) >= 11 is 0. The van der Waals surface area contributed by atoms with Gasteiger partial charge in [-0.3, -0.25) is 4.98 Å². The third kappa shape index (κ3) is 2.51. The van der Waals surface area contributed by atoms with Crippen LogP contribution in [0.15, 0.2) is 53.1 Å². The number of fused-ring (bicyclic) bond motifs is 1. The van der Waals surface area contributed by atoms with Crippen molar-refractivity contribution in [2.24, 2.45) is 5.73 Å². The summed E-state index contributed by atoms with van der Waals surface area (Å²) < 4.78 is 5.83. The predicted octanol–water partition coefficient (Wildman–Crippen LogP) is 3.38. The number of hydrogen-bond donors (Lipinski definition) is 1. The summed E-state index contributed by atoms with van der Waals surface area (Å²) in [6.45, 7) is 1.98. The monoisotopic (exact) mass is 252 g/mol. The lowest BCUT2D eigenvalue weighted by molar-refractivity contribution is 0.503. The van der Waals surface area contributed by atoms with Gasteiger partial charge >= 0.3 is 0 Å². The zero-order valence-electron chi connectivity index (χ0n) is 10.8. The lowest BCUT2D eigenvalue weighted by atomic mass is 10.1. The normalized spacial score (nSPS) is 12.7. The number of nitrogens with two attached hydrogens (primary N) is 1. The number of nitrogens with zero attached hydrogens (tertiary/aromatic N) is 1. The fourth-order valence-electron chi connectivity index (χ4n) is 2.19. The van der Waals surface area contributed by atoms with Gasteiger partial charge < -0.3 is 10.2 Å². The Hall–Kier alpha value is -2.13. The van der Waals surface area contributed by atoms with Crippen molar-refractivity contribution in [2.75, 3.05) is 0 Å². The molecule has 3 rings (SSSR count). The molecule has 0 saturated heterocycles. The van der Waals surface area contributed by atoms with E-state index in [2.05, 4.69) is 17.1 Å². The first-order valence-electron chi connectivity index (χ1n) is 6.42. The molecule has 96 valence electrons. The Morgan fingerprint density at radius 1 is 1.21 bits per heavy atom. The first-order chi connectivity index (χ1) is 9.22. The molecule has 19 heavy (non-hydrogen) atoms. The van der Waals surface area contributed by atoms with Crippen LogP contribution in [-0.2, 0) is 6.42 Å². The van der Waals surface area contributed by atoms with E-state index in [9.17, 15) is 0 Å². The third-order valence-corrected chi connectivity index (χ3v) is 3.07. The van der Waals surface area contributed by atoms with Crippen molar-refractivity contribution >= 4 is 10.9 Å². The maximum atomic E-state index is 5.83. The molecule has 0 spiro atoms. The second-order valence-electron chi connectivity index (χ2n) is 4.86. The predicted molar refractivity (Wildman–Crippen MR) is 76.8 cm³/mol. The molecule has 0 aliphatic rings. The molecule has 0 aliphatic heterocycles. The standard InChI is InChI=1S/C16H16N2O/c1-11(17)9-14-5-7-16(19-14)13-4-6-15-12(10-13)3-2-8-18-15/h2-8,10-11H,9,17H2,1H3. The van der Waals surface area contributed by atoms with Gasteiger partial charge in [-0.1, -0.05) is 6.07 Å².